The fourth-order valence-electron chi connectivity index (χ4n) is 3.34. The van der Waals surface area contributed by atoms with E-state index in [0.717, 1.165) is 12.8 Å². The summed E-state index contributed by atoms with van der Waals surface area (Å²) in [7, 11) is 0. The number of hydrogen-bond acceptors (Lipinski definition) is 3. The number of carboxylic acids is 1. The number of rotatable bonds is 5. The second-order valence-electron chi connectivity index (χ2n) is 6.38. The molecule has 5 heteroatoms. The summed E-state index contributed by atoms with van der Waals surface area (Å²) in [5.41, 5.74) is 2.39. The van der Waals surface area contributed by atoms with Crippen LogP contribution in [0.2, 0.25) is 0 Å². The van der Waals surface area contributed by atoms with Crippen LogP contribution in [0.15, 0.2) is 41.0 Å². The van der Waals surface area contributed by atoms with E-state index in [9.17, 15) is 9.59 Å². The molecule has 0 aliphatic carbocycles. The van der Waals surface area contributed by atoms with Gasteiger partial charge in [-0.05, 0) is 31.2 Å². The predicted molar refractivity (Wildman–Crippen MR) is 88.9 cm³/mol. The SMILES string of the molecule is Cc1coc(CC(=O)O)c1C(=O)N1CCC(Cc2ccccc2)C1. The van der Waals surface area contributed by atoms with Crippen LogP contribution in [-0.4, -0.2) is 35.0 Å². The molecule has 1 amide bonds. The first-order chi connectivity index (χ1) is 11.5. The molecule has 1 atom stereocenters. The molecule has 0 saturated carbocycles. The molecule has 1 aliphatic rings. The molecule has 2 heterocycles. The van der Waals surface area contributed by atoms with Gasteiger partial charge in [0.1, 0.15) is 12.2 Å². The summed E-state index contributed by atoms with van der Waals surface area (Å²) in [6, 6.07) is 10.3. The highest BCUT2D eigenvalue weighted by molar-refractivity contribution is 5.97. The van der Waals surface area contributed by atoms with Gasteiger partial charge in [0.25, 0.3) is 5.91 Å². The molecular weight excluding hydrogens is 306 g/mol. The fraction of sp³-hybridized carbons (Fsp3) is 0.368. The lowest BCUT2D eigenvalue weighted by atomic mass is 9.99. The second kappa shape index (κ2) is 6.91. The van der Waals surface area contributed by atoms with Crippen molar-refractivity contribution in [3.8, 4) is 0 Å². The number of benzene rings is 1. The van der Waals surface area contributed by atoms with E-state index in [1.54, 1.807) is 6.92 Å². The van der Waals surface area contributed by atoms with Crippen molar-refractivity contribution in [1.29, 1.82) is 0 Å². The highest BCUT2D eigenvalue weighted by Gasteiger charge is 2.30. The molecule has 1 aromatic carbocycles. The lowest BCUT2D eigenvalue weighted by Gasteiger charge is -2.17. The van der Waals surface area contributed by atoms with Crippen LogP contribution in [0.1, 0.15) is 33.7 Å². The van der Waals surface area contributed by atoms with Crippen LogP contribution in [0.3, 0.4) is 0 Å². The fourth-order valence-corrected chi connectivity index (χ4v) is 3.34. The molecule has 0 spiro atoms. The van der Waals surface area contributed by atoms with Gasteiger partial charge in [-0.25, -0.2) is 0 Å². The summed E-state index contributed by atoms with van der Waals surface area (Å²) in [6.45, 7) is 3.18. The largest absolute Gasteiger partial charge is 0.481 e. The number of carbonyl (C=O) groups excluding carboxylic acids is 1. The minimum Gasteiger partial charge on any atom is -0.481 e. The molecule has 0 bridgehead atoms. The zero-order chi connectivity index (χ0) is 17.1. The summed E-state index contributed by atoms with van der Waals surface area (Å²) in [5.74, 6) is -0.433. The number of carbonyl (C=O) groups is 2. The Labute approximate surface area is 140 Å². The Morgan fingerprint density at radius 3 is 2.75 bits per heavy atom. The number of furan rings is 1. The smallest absolute Gasteiger partial charge is 0.311 e. The van der Waals surface area contributed by atoms with Crippen LogP contribution < -0.4 is 0 Å². The van der Waals surface area contributed by atoms with E-state index in [4.69, 9.17) is 9.52 Å². The van der Waals surface area contributed by atoms with Crippen LogP contribution >= 0.6 is 0 Å². The van der Waals surface area contributed by atoms with E-state index in [2.05, 4.69) is 12.1 Å². The number of amides is 1. The summed E-state index contributed by atoms with van der Waals surface area (Å²) < 4.78 is 5.28. The van der Waals surface area contributed by atoms with Gasteiger partial charge in [-0.1, -0.05) is 30.3 Å². The zero-order valence-electron chi connectivity index (χ0n) is 13.7. The van der Waals surface area contributed by atoms with Gasteiger partial charge < -0.3 is 14.4 Å². The molecule has 24 heavy (non-hydrogen) atoms. The van der Waals surface area contributed by atoms with E-state index in [0.29, 0.717) is 30.1 Å². The van der Waals surface area contributed by atoms with Crippen molar-refractivity contribution in [2.45, 2.75) is 26.2 Å². The first kappa shape index (κ1) is 16.3. The van der Waals surface area contributed by atoms with Gasteiger partial charge in [-0.2, -0.15) is 0 Å². The minimum absolute atomic E-state index is 0.118. The lowest BCUT2D eigenvalue weighted by Crippen LogP contribution is -2.30. The normalized spacial score (nSPS) is 17.2. The van der Waals surface area contributed by atoms with Gasteiger partial charge in [-0.15, -0.1) is 0 Å². The van der Waals surface area contributed by atoms with Crippen molar-refractivity contribution in [3.63, 3.8) is 0 Å². The lowest BCUT2D eigenvalue weighted by molar-refractivity contribution is -0.136. The van der Waals surface area contributed by atoms with Crippen LogP contribution in [0.5, 0.6) is 0 Å². The van der Waals surface area contributed by atoms with Crippen molar-refractivity contribution in [1.82, 2.24) is 4.90 Å². The maximum atomic E-state index is 12.8. The quantitative estimate of drug-likeness (QED) is 0.916. The molecule has 1 saturated heterocycles. The van der Waals surface area contributed by atoms with Crippen LogP contribution in [0.4, 0.5) is 0 Å². The Kier molecular flexibility index (Phi) is 4.69. The molecule has 1 aliphatic heterocycles. The predicted octanol–water partition coefficient (Wildman–Crippen LogP) is 2.92. The number of aliphatic carboxylic acids is 1. The summed E-state index contributed by atoms with van der Waals surface area (Å²) >= 11 is 0. The van der Waals surface area contributed by atoms with Crippen molar-refractivity contribution >= 4 is 11.9 Å². The molecular formula is C19H21NO4. The van der Waals surface area contributed by atoms with Gasteiger partial charge in [0, 0.05) is 18.7 Å². The monoisotopic (exact) mass is 327 g/mol. The Bertz CT molecular complexity index is 735. The van der Waals surface area contributed by atoms with Crippen LogP contribution in [0, 0.1) is 12.8 Å². The third kappa shape index (κ3) is 3.50. The van der Waals surface area contributed by atoms with Crippen molar-refractivity contribution in [2.75, 3.05) is 13.1 Å². The summed E-state index contributed by atoms with van der Waals surface area (Å²) in [5, 5.41) is 8.97. The molecule has 0 radical (unpaired) electrons. The van der Waals surface area contributed by atoms with Crippen molar-refractivity contribution in [2.24, 2.45) is 5.92 Å². The number of nitrogens with zero attached hydrogens (tertiary/aromatic N) is 1. The van der Waals surface area contributed by atoms with E-state index in [1.807, 2.05) is 23.1 Å². The second-order valence-corrected chi connectivity index (χ2v) is 6.38. The first-order valence-electron chi connectivity index (χ1n) is 8.16. The molecule has 3 rings (SSSR count). The summed E-state index contributed by atoms with van der Waals surface area (Å²) in [6.07, 6.45) is 3.11. The highest BCUT2D eigenvalue weighted by atomic mass is 16.4. The third-order valence-corrected chi connectivity index (χ3v) is 4.52. The Balaban J connectivity index is 1.69. The molecule has 1 fully saturated rings. The zero-order valence-corrected chi connectivity index (χ0v) is 13.7. The summed E-state index contributed by atoms with van der Waals surface area (Å²) in [4.78, 5) is 25.6. The standard InChI is InChI=1S/C19H21NO4/c1-13-12-24-16(10-17(21)22)18(13)19(23)20-8-7-15(11-20)9-14-5-3-2-4-6-14/h2-6,12,15H,7-11H2,1H3,(H,21,22). The maximum Gasteiger partial charge on any atom is 0.311 e. The number of hydrogen-bond donors (Lipinski definition) is 1. The molecule has 2 aromatic rings. The molecule has 1 aromatic heterocycles. The third-order valence-electron chi connectivity index (χ3n) is 4.52. The minimum atomic E-state index is -0.998. The van der Waals surface area contributed by atoms with Crippen molar-refractivity contribution < 1.29 is 19.1 Å². The Morgan fingerprint density at radius 2 is 2.04 bits per heavy atom. The average Bonchev–Trinajstić information content (AvgIpc) is 3.15. The van der Waals surface area contributed by atoms with Gasteiger partial charge in [0.15, 0.2) is 0 Å². The van der Waals surface area contributed by atoms with Crippen LogP contribution in [0.25, 0.3) is 0 Å². The molecule has 126 valence electrons. The van der Waals surface area contributed by atoms with Gasteiger partial charge in [-0.3, -0.25) is 9.59 Å². The van der Waals surface area contributed by atoms with E-state index < -0.39 is 5.97 Å². The Hall–Kier alpha value is -2.56. The highest BCUT2D eigenvalue weighted by Crippen LogP contribution is 2.25. The van der Waals surface area contributed by atoms with Gasteiger partial charge in [0.05, 0.1) is 11.8 Å². The molecule has 5 nitrogen and oxygen atoms in total. The number of carboxylic acid groups (broad SMARTS) is 1. The van der Waals surface area contributed by atoms with Crippen molar-refractivity contribution in [3.05, 3.63) is 59.0 Å². The van der Waals surface area contributed by atoms with Crippen LogP contribution in [-0.2, 0) is 17.6 Å². The molecule has 1 N–H and O–H groups in total. The van der Waals surface area contributed by atoms with E-state index >= 15 is 0 Å². The maximum absolute atomic E-state index is 12.8. The molecule has 1 unspecified atom stereocenters. The first-order valence-corrected chi connectivity index (χ1v) is 8.16. The van der Waals surface area contributed by atoms with Gasteiger partial charge >= 0.3 is 5.97 Å². The number of likely N-dealkylation sites (tertiary alicyclic amines) is 1. The number of aryl methyl sites for hydroxylation is 1. The topological polar surface area (TPSA) is 70.7 Å². The van der Waals surface area contributed by atoms with E-state index in [1.165, 1.54) is 11.8 Å². The average molecular weight is 327 g/mol. The van der Waals surface area contributed by atoms with E-state index in [-0.39, 0.29) is 18.1 Å². The Morgan fingerprint density at radius 1 is 1.29 bits per heavy atom. The van der Waals surface area contributed by atoms with Gasteiger partial charge in [0.2, 0.25) is 0 Å².